The Morgan fingerprint density at radius 1 is 1.38 bits per heavy atom. The van der Waals surface area contributed by atoms with E-state index in [1.165, 1.54) is 23.7 Å². The lowest BCUT2D eigenvalue weighted by atomic mass is 10.4. The zero-order valence-corrected chi connectivity index (χ0v) is 11.8. The van der Waals surface area contributed by atoms with Crippen LogP contribution in [0, 0.1) is 6.92 Å². The van der Waals surface area contributed by atoms with Gasteiger partial charge in [0.15, 0.2) is 5.69 Å². The first-order valence-corrected chi connectivity index (χ1v) is 6.93. The van der Waals surface area contributed by atoms with E-state index in [1.807, 2.05) is 0 Å². The molecule has 0 fully saturated rings. The Kier molecular flexibility index (Phi) is 3.44. The van der Waals surface area contributed by atoms with E-state index in [9.17, 15) is 9.59 Å². The number of hydrogen-bond donors (Lipinski definition) is 1. The molecule has 0 atom stereocenters. The molecule has 0 unspecified atom stereocenters. The van der Waals surface area contributed by atoms with E-state index in [-0.39, 0.29) is 17.9 Å². The fourth-order valence-electron chi connectivity index (χ4n) is 1.70. The molecule has 0 aliphatic carbocycles. The van der Waals surface area contributed by atoms with E-state index < -0.39 is 5.97 Å². The highest BCUT2D eigenvalue weighted by Gasteiger charge is 2.11. The lowest BCUT2D eigenvalue weighted by Gasteiger charge is -2.04. The average molecular weight is 302 g/mol. The molecule has 0 bridgehead atoms. The first-order chi connectivity index (χ1) is 10.1. The summed E-state index contributed by atoms with van der Waals surface area (Å²) in [7, 11) is 0. The van der Waals surface area contributed by atoms with Gasteiger partial charge in [-0.1, -0.05) is 0 Å². The van der Waals surface area contributed by atoms with Gasteiger partial charge in [-0.05, 0) is 18.4 Å². The Labute approximate surface area is 122 Å². The van der Waals surface area contributed by atoms with E-state index in [2.05, 4.69) is 19.9 Å². The number of rotatable bonds is 3. The predicted octanol–water partition coefficient (Wildman–Crippen LogP) is 1.44. The molecule has 0 saturated heterocycles. The first kappa shape index (κ1) is 13.4. The average Bonchev–Trinajstić information content (AvgIpc) is 2.94. The minimum Gasteiger partial charge on any atom is -0.453 e. The first-order valence-electron chi connectivity index (χ1n) is 6.05. The minimum atomic E-state index is -0.615. The second-order valence-electron chi connectivity index (χ2n) is 4.27. The van der Waals surface area contributed by atoms with Crippen molar-refractivity contribution < 1.29 is 9.53 Å². The highest BCUT2D eigenvalue weighted by molar-refractivity contribution is 7.17. The number of nitrogens with zero attached hydrogens (tertiary/aromatic N) is 3. The molecule has 21 heavy (non-hydrogen) atoms. The number of aromatic amines is 1. The molecule has 3 heterocycles. The number of aromatic nitrogens is 4. The van der Waals surface area contributed by atoms with Gasteiger partial charge in [0.05, 0.1) is 17.4 Å². The zero-order valence-electron chi connectivity index (χ0n) is 11.0. The van der Waals surface area contributed by atoms with Crippen molar-refractivity contribution in [3.8, 4) is 0 Å². The van der Waals surface area contributed by atoms with Crippen LogP contribution in [0.4, 0.5) is 0 Å². The minimum absolute atomic E-state index is 0.111. The summed E-state index contributed by atoms with van der Waals surface area (Å²) in [4.78, 5) is 38.2. The number of nitrogens with one attached hydrogen (secondary N) is 1. The number of hydrogen-bond acceptors (Lipinski definition) is 7. The molecule has 106 valence electrons. The van der Waals surface area contributed by atoms with Crippen molar-refractivity contribution in [2.24, 2.45) is 0 Å². The summed E-state index contributed by atoms with van der Waals surface area (Å²) in [6, 6.07) is 1.74. The van der Waals surface area contributed by atoms with Crippen molar-refractivity contribution in [2.75, 3.05) is 0 Å². The molecule has 0 aliphatic heterocycles. The summed E-state index contributed by atoms with van der Waals surface area (Å²) in [5.74, 6) is -0.324. The fourth-order valence-corrected chi connectivity index (χ4v) is 2.42. The molecule has 0 saturated carbocycles. The molecule has 3 rings (SSSR count). The number of ether oxygens (including phenoxy) is 1. The van der Waals surface area contributed by atoms with Gasteiger partial charge in [-0.15, -0.1) is 11.3 Å². The van der Waals surface area contributed by atoms with Crippen LogP contribution in [0.5, 0.6) is 0 Å². The summed E-state index contributed by atoms with van der Waals surface area (Å²) in [5, 5.41) is 1.78. The molecule has 0 aromatic carbocycles. The van der Waals surface area contributed by atoms with Crippen molar-refractivity contribution in [2.45, 2.75) is 13.5 Å². The second kappa shape index (κ2) is 5.41. The lowest BCUT2D eigenvalue weighted by Crippen LogP contribution is -2.14. The van der Waals surface area contributed by atoms with Gasteiger partial charge in [0.25, 0.3) is 5.56 Å². The van der Waals surface area contributed by atoms with Crippen molar-refractivity contribution in [3.05, 3.63) is 51.4 Å². The standard InChI is InChI=1S/C13H10N4O3S/c1-7-4-15-9(5-14-7)13(19)20-6-10-16-8-2-3-21-11(8)12(18)17-10/h2-5H,6H2,1H3,(H,16,17,18). The maximum Gasteiger partial charge on any atom is 0.358 e. The highest BCUT2D eigenvalue weighted by Crippen LogP contribution is 2.13. The fraction of sp³-hybridized carbons (Fsp3) is 0.154. The Hall–Kier alpha value is -2.61. The van der Waals surface area contributed by atoms with Gasteiger partial charge in [-0.2, -0.15) is 0 Å². The summed E-state index contributed by atoms with van der Waals surface area (Å²) < 4.78 is 5.61. The van der Waals surface area contributed by atoms with Crippen molar-refractivity contribution in [1.29, 1.82) is 0 Å². The Morgan fingerprint density at radius 3 is 3.00 bits per heavy atom. The van der Waals surface area contributed by atoms with Crippen LogP contribution in [0.2, 0.25) is 0 Å². The molecule has 1 N–H and O–H groups in total. The van der Waals surface area contributed by atoms with Crippen LogP contribution in [0.15, 0.2) is 28.6 Å². The van der Waals surface area contributed by atoms with Crippen LogP contribution in [0.25, 0.3) is 10.2 Å². The summed E-state index contributed by atoms with van der Waals surface area (Å²) in [6.07, 6.45) is 2.82. The van der Waals surface area contributed by atoms with Gasteiger partial charge in [0.1, 0.15) is 17.1 Å². The number of carbonyl (C=O) groups excluding carboxylic acids is 1. The van der Waals surface area contributed by atoms with E-state index in [1.54, 1.807) is 18.4 Å². The number of esters is 1. The van der Waals surface area contributed by atoms with Gasteiger partial charge in [0.2, 0.25) is 0 Å². The van der Waals surface area contributed by atoms with E-state index in [4.69, 9.17) is 4.74 Å². The van der Waals surface area contributed by atoms with Gasteiger partial charge in [0, 0.05) is 6.20 Å². The quantitative estimate of drug-likeness (QED) is 0.735. The number of carbonyl (C=O) groups is 1. The summed E-state index contributed by atoms with van der Waals surface area (Å²) >= 11 is 1.31. The molecular formula is C13H10N4O3S. The zero-order chi connectivity index (χ0) is 14.8. The van der Waals surface area contributed by atoms with Crippen LogP contribution in [-0.2, 0) is 11.3 Å². The monoisotopic (exact) mass is 302 g/mol. The number of H-pyrrole nitrogens is 1. The third-order valence-electron chi connectivity index (χ3n) is 2.69. The number of fused-ring (bicyclic) bond motifs is 1. The SMILES string of the molecule is Cc1cnc(C(=O)OCc2nc3ccsc3c(=O)[nH]2)cn1. The largest absolute Gasteiger partial charge is 0.453 e. The highest BCUT2D eigenvalue weighted by atomic mass is 32.1. The molecular weight excluding hydrogens is 292 g/mol. The van der Waals surface area contributed by atoms with Crippen LogP contribution in [-0.4, -0.2) is 25.9 Å². The van der Waals surface area contributed by atoms with Crippen molar-refractivity contribution in [3.63, 3.8) is 0 Å². The molecule has 7 nitrogen and oxygen atoms in total. The van der Waals surface area contributed by atoms with Crippen molar-refractivity contribution >= 4 is 27.5 Å². The molecule has 0 aliphatic rings. The number of aryl methyl sites for hydroxylation is 1. The Balaban J connectivity index is 1.75. The number of thiophene rings is 1. The predicted molar refractivity (Wildman–Crippen MR) is 76.1 cm³/mol. The normalized spacial score (nSPS) is 10.7. The Morgan fingerprint density at radius 2 is 2.24 bits per heavy atom. The maximum atomic E-state index is 11.8. The van der Waals surface area contributed by atoms with Crippen LogP contribution in [0.1, 0.15) is 22.0 Å². The van der Waals surface area contributed by atoms with Crippen LogP contribution >= 0.6 is 11.3 Å². The third-order valence-corrected chi connectivity index (χ3v) is 3.60. The van der Waals surface area contributed by atoms with Crippen molar-refractivity contribution in [1.82, 2.24) is 19.9 Å². The smallest absolute Gasteiger partial charge is 0.358 e. The van der Waals surface area contributed by atoms with E-state index in [0.29, 0.717) is 21.7 Å². The topological polar surface area (TPSA) is 97.8 Å². The molecule has 8 heteroatoms. The molecule has 3 aromatic rings. The molecule has 0 spiro atoms. The van der Waals surface area contributed by atoms with Gasteiger partial charge >= 0.3 is 5.97 Å². The summed E-state index contributed by atoms with van der Waals surface area (Å²) in [5.41, 5.74) is 1.17. The Bertz CT molecular complexity index is 854. The molecule has 0 amide bonds. The van der Waals surface area contributed by atoms with Gasteiger partial charge in [-0.3, -0.25) is 9.78 Å². The molecule has 0 radical (unpaired) electrons. The second-order valence-corrected chi connectivity index (χ2v) is 5.18. The van der Waals surface area contributed by atoms with E-state index >= 15 is 0 Å². The summed E-state index contributed by atoms with van der Waals surface area (Å²) in [6.45, 7) is 1.64. The van der Waals surface area contributed by atoms with Gasteiger partial charge < -0.3 is 9.72 Å². The lowest BCUT2D eigenvalue weighted by molar-refractivity contribution is 0.0454. The third kappa shape index (κ3) is 2.79. The van der Waals surface area contributed by atoms with Crippen LogP contribution < -0.4 is 5.56 Å². The maximum absolute atomic E-state index is 11.8. The van der Waals surface area contributed by atoms with E-state index in [0.717, 1.165) is 0 Å². The van der Waals surface area contributed by atoms with Gasteiger partial charge in [-0.25, -0.2) is 14.8 Å². The van der Waals surface area contributed by atoms with Crippen LogP contribution in [0.3, 0.4) is 0 Å². The molecule has 3 aromatic heterocycles.